The van der Waals surface area contributed by atoms with E-state index in [1.165, 1.54) is 42.5 Å². The van der Waals surface area contributed by atoms with Crippen LogP contribution in [-0.4, -0.2) is 49.2 Å². The van der Waals surface area contributed by atoms with E-state index in [1.807, 2.05) is 0 Å². The lowest BCUT2D eigenvalue weighted by Gasteiger charge is -2.12. The minimum Gasteiger partial charge on any atom is -0.494 e. The molecule has 2 rings (SSSR count). The van der Waals surface area contributed by atoms with E-state index in [0.29, 0.717) is 0 Å². The fraction of sp³-hybridized carbons (Fsp3) is 0.304. The number of amides is 2. The van der Waals surface area contributed by atoms with Gasteiger partial charge in [-0.2, -0.15) is 13.2 Å². The van der Waals surface area contributed by atoms with Crippen molar-refractivity contribution in [1.82, 2.24) is 10.6 Å². The second kappa shape index (κ2) is 12.8. The third-order valence-electron chi connectivity index (χ3n) is 4.30. The van der Waals surface area contributed by atoms with Crippen LogP contribution >= 0.6 is 0 Å². The number of hydrogen-bond acceptors (Lipinski definition) is 5. The van der Waals surface area contributed by atoms with Gasteiger partial charge in [-0.15, -0.1) is 13.2 Å². The zero-order chi connectivity index (χ0) is 26.8. The smallest absolute Gasteiger partial charge is 0.494 e. The highest BCUT2D eigenvalue weighted by Crippen LogP contribution is 2.24. The lowest BCUT2D eigenvalue weighted by molar-refractivity contribution is -0.274. The molecule has 2 aromatic carbocycles. The fourth-order valence-electron chi connectivity index (χ4n) is 2.72. The van der Waals surface area contributed by atoms with Crippen molar-refractivity contribution in [2.45, 2.75) is 25.4 Å². The summed E-state index contributed by atoms with van der Waals surface area (Å²) in [5.74, 6) is -1.72. The van der Waals surface area contributed by atoms with Crippen LogP contribution in [0.5, 0.6) is 11.5 Å². The monoisotopic (exact) mass is 520 g/mol. The Bertz CT molecular complexity index is 1030. The first-order valence-electron chi connectivity index (χ1n) is 10.4. The Morgan fingerprint density at radius 1 is 0.917 bits per heavy atom. The highest BCUT2D eigenvalue weighted by molar-refractivity contribution is 6.05. The summed E-state index contributed by atoms with van der Waals surface area (Å²) < 4.78 is 82.5. The Hall–Kier alpha value is -3.74. The Kier molecular flexibility index (Phi) is 10.1. The molecule has 0 unspecified atom stereocenters. The van der Waals surface area contributed by atoms with Gasteiger partial charge in [0.25, 0.3) is 11.8 Å². The molecule has 0 bridgehead atoms. The van der Waals surface area contributed by atoms with E-state index in [0.717, 1.165) is 12.1 Å². The van der Waals surface area contributed by atoms with Crippen molar-refractivity contribution in [2.24, 2.45) is 0 Å². The van der Waals surface area contributed by atoms with E-state index in [1.54, 1.807) is 0 Å². The molecule has 0 radical (unpaired) electrons. The number of nitrogens with one attached hydrogen (secondary N) is 2. The van der Waals surface area contributed by atoms with Crippen LogP contribution in [0.2, 0.25) is 0 Å². The van der Waals surface area contributed by atoms with Gasteiger partial charge < -0.3 is 25.2 Å². The van der Waals surface area contributed by atoms with Crippen molar-refractivity contribution >= 4 is 17.9 Å². The van der Waals surface area contributed by atoms with Crippen molar-refractivity contribution in [3.63, 3.8) is 0 Å². The van der Waals surface area contributed by atoms with Crippen LogP contribution in [0.25, 0.3) is 6.08 Å². The first-order valence-corrected chi connectivity index (χ1v) is 10.4. The third kappa shape index (κ3) is 10.7. The molecule has 0 spiro atoms. The van der Waals surface area contributed by atoms with Crippen LogP contribution in [0, 0.1) is 0 Å². The molecule has 0 saturated heterocycles. The van der Waals surface area contributed by atoms with Crippen molar-refractivity contribution in [3.05, 3.63) is 65.4 Å². The van der Waals surface area contributed by atoms with Gasteiger partial charge in [-0.3, -0.25) is 9.59 Å². The van der Waals surface area contributed by atoms with E-state index in [2.05, 4.69) is 15.4 Å². The Morgan fingerprint density at radius 3 is 2.08 bits per heavy atom. The zero-order valence-electron chi connectivity index (χ0n) is 18.6. The fourth-order valence-corrected chi connectivity index (χ4v) is 2.72. The number of alkyl halides is 6. The summed E-state index contributed by atoms with van der Waals surface area (Å²) in [6.45, 7) is -0.665. The van der Waals surface area contributed by atoms with Crippen molar-refractivity contribution in [3.8, 4) is 11.5 Å². The van der Waals surface area contributed by atoms with Gasteiger partial charge in [0.1, 0.15) is 17.2 Å². The minimum atomic E-state index is -4.87. The topological polar surface area (TPSA) is 96.9 Å². The SMILES string of the molecule is O=C(NCCO)/C(=C\c1ccc(OC(F)(F)F)cc1)NC(=O)c1ccc(OCCCC(F)(F)F)cc1. The molecule has 0 heterocycles. The van der Waals surface area contributed by atoms with Gasteiger partial charge in [-0.1, -0.05) is 12.1 Å². The van der Waals surface area contributed by atoms with Gasteiger partial charge >= 0.3 is 12.5 Å². The van der Waals surface area contributed by atoms with E-state index in [9.17, 15) is 35.9 Å². The van der Waals surface area contributed by atoms with Crippen LogP contribution < -0.4 is 20.1 Å². The quantitative estimate of drug-likeness (QED) is 0.235. The second-order valence-electron chi connectivity index (χ2n) is 7.20. The highest BCUT2D eigenvalue weighted by atomic mass is 19.4. The summed E-state index contributed by atoms with van der Waals surface area (Å²) in [7, 11) is 0. The summed E-state index contributed by atoms with van der Waals surface area (Å²) in [5.41, 5.74) is 0.0967. The maximum Gasteiger partial charge on any atom is 0.573 e. The second-order valence-corrected chi connectivity index (χ2v) is 7.20. The molecule has 0 aliphatic rings. The normalized spacial score (nSPS) is 12.1. The predicted molar refractivity (Wildman–Crippen MR) is 116 cm³/mol. The summed E-state index contributed by atoms with van der Waals surface area (Å²) in [5, 5.41) is 13.7. The van der Waals surface area contributed by atoms with Gasteiger partial charge in [0, 0.05) is 18.5 Å². The number of benzene rings is 2. The summed E-state index contributed by atoms with van der Waals surface area (Å²) in [6.07, 6.45) is -9.16. The molecular weight excluding hydrogens is 498 g/mol. The average Bonchev–Trinajstić information content (AvgIpc) is 2.80. The molecule has 7 nitrogen and oxygen atoms in total. The summed E-state index contributed by atoms with van der Waals surface area (Å²) in [6, 6.07) is 9.93. The highest BCUT2D eigenvalue weighted by Gasteiger charge is 2.31. The summed E-state index contributed by atoms with van der Waals surface area (Å²) >= 11 is 0. The van der Waals surface area contributed by atoms with Crippen molar-refractivity contribution in [2.75, 3.05) is 19.8 Å². The van der Waals surface area contributed by atoms with Crippen LogP contribution in [-0.2, 0) is 4.79 Å². The molecule has 3 N–H and O–H groups in total. The lowest BCUT2D eigenvalue weighted by atomic mass is 10.1. The number of carbonyl (C=O) groups is 2. The third-order valence-corrected chi connectivity index (χ3v) is 4.30. The van der Waals surface area contributed by atoms with Crippen LogP contribution in [0.4, 0.5) is 26.3 Å². The zero-order valence-corrected chi connectivity index (χ0v) is 18.6. The number of aliphatic hydroxyl groups excluding tert-OH is 1. The molecular formula is C23H22F6N2O5. The number of hydrogen-bond donors (Lipinski definition) is 3. The maximum atomic E-state index is 12.6. The first-order chi connectivity index (χ1) is 16.9. The van der Waals surface area contributed by atoms with Crippen molar-refractivity contribution < 1.29 is 50.5 Å². The maximum absolute atomic E-state index is 12.6. The molecule has 36 heavy (non-hydrogen) atoms. The van der Waals surface area contributed by atoms with Gasteiger partial charge in [0.15, 0.2) is 0 Å². The summed E-state index contributed by atoms with van der Waals surface area (Å²) in [4.78, 5) is 25.0. The molecule has 2 amide bonds. The van der Waals surface area contributed by atoms with Gasteiger partial charge in [0.2, 0.25) is 0 Å². The Morgan fingerprint density at radius 2 is 1.53 bits per heavy atom. The molecule has 2 aromatic rings. The largest absolute Gasteiger partial charge is 0.573 e. The number of rotatable bonds is 11. The van der Waals surface area contributed by atoms with E-state index in [4.69, 9.17) is 9.84 Å². The number of ether oxygens (including phenoxy) is 2. The number of carbonyl (C=O) groups excluding carboxylic acids is 2. The van der Waals surface area contributed by atoms with Crippen LogP contribution in [0.3, 0.4) is 0 Å². The molecule has 0 saturated carbocycles. The minimum absolute atomic E-state index is 0.0902. The Labute approximate surface area is 201 Å². The van der Waals surface area contributed by atoms with E-state index in [-0.39, 0.29) is 48.8 Å². The lowest BCUT2D eigenvalue weighted by Crippen LogP contribution is -2.36. The predicted octanol–water partition coefficient (Wildman–Crippen LogP) is 4.19. The van der Waals surface area contributed by atoms with Gasteiger partial charge in [-0.05, 0) is 54.5 Å². The molecule has 13 heteroatoms. The van der Waals surface area contributed by atoms with Gasteiger partial charge in [0.05, 0.1) is 13.2 Å². The van der Waals surface area contributed by atoms with Crippen LogP contribution in [0.1, 0.15) is 28.8 Å². The molecule has 0 aliphatic carbocycles. The molecule has 0 fully saturated rings. The van der Waals surface area contributed by atoms with E-state index >= 15 is 0 Å². The number of halogens is 6. The molecule has 0 aromatic heterocycles. The van der Waals surface area contributed by atoms with Crippen molar-refractivity contribution in [1.29, 1.82) is 0 Å². The molecule has 196 valence electrons. The molecule has 0 atom stereocenters. The standard InChI is InChI=1S/C23H22F6N2O5/c24-22(25,26)10-1-13-35-17-8-4-16(5-9-17)20(33)31-19(21(34)30-11-12-32)14-15-2-6-18(7-3-15)36-23(27,28)29/h2-9,14,32H,1,10-13H2,(H,30,34)(H,31,33)/b19-14+. The average molecular weight is 520 g/mol. The molecule has 0 aliphatic heterocycles. The first kappa shape index (κ1) is 28.5. The number of aliphatic hydroxyl groups is 1. The van der Waals surface area contributed by atoms with Gasteiger partial charge in [-0.25, -0.2) is 0 Å². The Balaban J connectivity index is 2.09. The van der Waals surface area contributed by atoms with Crippen LogP contribution in [0.15, 0.2) is 54.2 Å². The van der Waals surface area contributed by atoms with E-state index < -0.39 is 36.5 Å².